The molecule has 32 heavy (non-hydrogen) atoms. The first-order valence-electron chi connectivity index (χ1n) is 12.7. The average Bonchev–Trinajstić information content (AvgIpc) is 3.32. The summed E-state index contributed by atoms with van der Waals surface area (Å²) in [6.45, 7) is 5.02. The van der Waals surface area contributed by atoms with Crippen LogP contribution in [0, 0.1) is 17.8 Å². The van der Waals surface area contributed by atoms with Gasteiger partial charge in [0.1, 0.15) is 6.10 Å². The van der Waals surface area contributed by atoms with E-state index >= 15 is 0 Å². The second-order valence-corrected chi connectivity index (χ2v) is 10.8. The maximum absolute atomic E-state index is 13.4. The molecule has 0 bridgehead atoms. The summed E-state index contributed by atoms with van der Waals surface area (Å²) < 4.78 is 5.75. The van der Waals surface area contributed by atoms with Gasteiger partial charge in [0.05, 0.1) is 12.1 Å². The molecule has 180 valence electrons. The topological polar surface area (TPSA) is 70.2 Å². The van der Waals surface area contributed by atoms with Crippen LogP contribution in [0.5, 0.6) is 0 Å². The van der Waals surface area contributed by atoms with Gasteiger partial charge in [-0.25, -0.2) is 0 Å². The largest absolute Gasteiger partial charge is 0.368 e. The summed E-state index contributed by atoms with van der Waals surface area (Å²) in [6, 6.07) is 0.249. The lowest BCUT2D eigenvalue weighted by Gasteiger charge is -2.55. The Hall–Kier alpha value is -1.63. The second kappa shape index (κ2) is 9.70. The Bertz CT molecular complexity index is 712. The van der Waals surface area contributed by atoms with Crippen LogP contribution in [0.3, 0.4) is 0 Å². The Balaban J connectivity index is 1.47. The van der Waals surface area contributed by atoms with E-state index in [2.05, 4.69) is 11.8 Å². The monoisotopic (exact) mass is 447 g/mol. The van der Waals surface area contributed by atoms with Crippen LogP contribution in [0.15, 0.2) is 0 Å². The third-order valence-electron chi connectivity index (χ3n) is 8.60. The van der Waals surface area contributed by atoms with Crippen molar-refractivity contribution in [2.24, 2.45) is 17.8 Å². The average molecular weight is 448 g/mol. The summed E-state index contributed by atoms with van der Waals surface area (Å²) in [5, 5.41) is 0. The summed E-state index contributed by atoms with van der Waals surface area (Å²) in [7, 11) is 3.69. The van der Waals surface area contributed by atoms with Crippen LogP contribution < -0.4 is 0 Å². The van der Waals surface area contributed by atoms with E-state index in [1.54, 1.807) is 11.8 Å². The molecule has 7 nitrogen and oxygen atoms in total. The minimum absolute atomic E-state index is 0.0446. The Morgan fingerprint density at radius 2 is 1.59 bits per heavy atom. The van der Waals surface area contributed by atoms with Crippen molar-refractivity contribution in [1.82, 2.24) is 14.7 Å². The minimum atomic E-state index is -0.306. The van der Waals surface area contributed by atoms with Gasteiger partial charge in [0.15, 0.2) is 0 Å². The molecule has 0 radical (unpaired) electrons. The lowest BCUT2D eigenvalue weighted by Crippen LogP contribution is -2.68. The van der Waals surface area contributed by atoms with E-state index in [-0.39, 0.29) is 47.9 Å². The Labute approximate surface area is 192 Å². The van der Waals surface area contributed by atoms with Crippen molar-refractivity contribution in [1.29, 1.82) is 0 Å². The highest BCUT2D eigenvalue weighted by Crippen LogP contribution is 2.44. The molecule has 2 saturated heterocycles. The molecule has 4 fully saturated rings. The normalized spacial score (nSPS) is 37.7. The van der Waals surface area contributed by atoms with Crippen molar-refractivity contribution in [2.75, 3.05) is 27.2 Å². The SMILES string of the molecule is CC(=O)N1C2CCC(C3CCC(C(=O)N(C)C)CC3)CC2N(C(=O)C2CCCO2)C[C@@H]1C. The number of piperazine rings is 1. The zero-order chi connectivity index (χ0) is 23.0. The summed E-state index contributed by atoms with van der Waals surface area (Å²) in [5.74, 6) is 1.87. The number of amides is 3. The van der Waals surface area contributed by atoms with E-state index < -0.39 is 0 Å². The molecule has 2 aliphatic carbocycles. The van der Waals surface area contributed by atoms with Gasteiger partial charge in [-0.15, -0.1) is 0 Å². The molecule has 3 amide bonds. The molecule has 0 aromatic heterocycles. The standard InChI is InChI=1S/C25H41N3O4/c1-16-15-27(25(31)23-6-5-13-32-23)22-14-20(11-12-21(22)28(16)17(2)29)18-7-9-19(10-8-18)24(30)26(3)4/h16,18-23H,5-15H2,1-4H3/t16-,18?,19?,20?,21?,22?,23?/m0/s1. The highest BCUT2D eigenvalue weighted by Gasteiger charge is 2.48. The molecular formula is C25H41N3O4. The lowest BCUT2D eigenvalue weighted by atomic mass is 9.67. The third kappa shape index (κ3) is 4.55. The van der Waals surface area contributed by atoms with Crippen molar-refractivity contribution in [2.45, 2.75) is 95.9 Å². The van der Waals surface area contributed by atoms with Gasteiger partial charge < -0.3 is 19.4 Å². The van der Waals surface area contributed by atoms with Crippen molar-refractivity contribution in [3.8, 4) is 0 Å². The number of carbonyl (C=O) groups excluding carboxylic acids is 3. The molecule has 0 aromatic carbocycles. The fourth-order valence-electron chi connectivity index (χ4n) is 7.04. The van der Waals surface area contributed by atoms with E-state index in [4.69, 9.17) is 4.74 Å². The maximum Gasteiger partial charge on any atom is 0.252 e. The van der Waals surface area contributed by atoms with Crippen LogP contribution in [-0.2, 0) is 19.1 Å². The number of hydrogen-bond donors (Lipinski definition) is 0. The quantitative estimate of drug-likeness (QED) is 0.667. The highest BCUT2D eigenvalue weighted by molar-refractivity contribution is 5.82. The van der Waals surface area contributed by atoms with Gasteiger partial charge in [0.25, 0.3) is 5.91 Å². The number of fused-ring (bicyclic) bond motifs is 1. The van der Waals surface area contributed by atoms with Crippen LogP contribution in [0.25, 0.3) is 0 Å². The van der Waals surface area contributed by atoms with Crippen LogP contribution >= 0.6 is 0 Å². The lowest BCUT2D eigenvalue weighted by molar-refractivity contribution is -0.160. The van der Waals surface area contributed by atoms with Gasteiger partial charge in [-0.3, -0.25) is 14.4 Å². The van der Waals surface area contributed by atoms with Crippen LogP contribution in [0.1, 0.15) is 71.6 Å². The summed E-state index contributed by atoms with van der Waals surface area (Å²) in [5.41, 5.74) is 0. The highest BCUT2D eigenvalue weighted by atomic mass is 16.5. The van der Waals surface area contributed by atoms with Crippen LogP contribution in [-0.4, -0.2) is 83.9 Å². The van der Waals surface area contributed by atoms with Crippen molar-refractivity contribution in [3.63, 3.8) is 0 Å². The minimum Gasteiger partial charge on any atom is -0.368 e. The molecule has 4 unspecified atom stereocenters. The van der Waals surface area contributed by atoms with E-state index in [0.29, 0.717) is 25.0 Å². The van der Waals surface area contributed by atoms with Gasteiger partial charge >= 0.3 is 0 Å². The predicted octanol–water partition coefficient (Wildman–Crippen LogP) is 2.68. The van der Waals surface area contributed by atoms with E-state index in [1.807, 2.05) is 19.0 Å². The predicted molar refractivity (Wildman–Crippen MR) is 122 cm³/mol. The summed E-state index contributed by atoms with van der Waals surface area (Å²) >= 11 is 0. The van der Waals surface area contributed by atoms with E-state index in [0.717, 1.165) is 57.8 Å². The van der Waals surface area contributed by atoms with Crippen LogP contribution in [0.4, 0.5) is 0 Å². The third-order valence-corrected chi connectivity index (χ3v) is 8.60. The van der Waals surface area contributed by atoms with Crippen molar-refractivity contribution >= 4 is 17.7 Å². The molecule has 2 heterocycles. The van der Waals surface area contributed by atoms with E-state index in [9.17, 15) is 14.4 Å². The summed E-state index contributed by atoms with van der Waals surface area (Å²) in [4.78, 5) is 44.1. The number of hydrogen-bond acceptors (Lipinski definition) is 4. The van der Waals surface area contributed by atoms with Crippen LogP contribution in [0.2, 0.25) is 0 Å². The second-order valence-electron chi connectivity index (χ2n) is 10.8. The Morgan fingerprint density at radius 1 is 0.906 bits per heavy atom. The number of nitrogens with zero attached hydrogens (tertiary/aromatic N) is 3. The number of carbonyl (C=O) groups is 3. The smallest absolute Gasteiger partial charge is 0.252 e. The first-order chi connectivity index (χ1) is 15.3. The molecule has 7 heteroatoms. The fourth-order valence-corrected chi connectivity index (χ4v) is 7.04. The molecule has 2 saturated carbocycles. The van der Waals surface area contributed by atoms with Gasteiger partial charge in [0.2, 0.25) is 11.8 Å². The molecular weight excluding hydrogens is 406 g/mol. The molecule has 5 atom stereocenters. The number of rotatable bonds is 3. The molecule has 4 rings (SSSR count). The Morgan fingerprint density at radius 3 is 2.19 bits per heavy atom. The molecule has 0 N–H and O–H groups in total. The van der Waals surface area contributed by atoms with E-state index in [1.165, 1.54) is 0 Å². The van der Waals surface area contributed by atoms with Crippen molar-refractivity contribution in [3.05, 3.63) is 0 Å². The zero-order valence-electron chi connectivity index (χ0n) is 20.3. The van der Waals surface area contributed by atoms with Gasteiger partial charge in [-0.05, 0) is 76.5 Å². The molecule has 0 aromatic rings. The Kier molecular flexibility index (Phi) is 7.13. The van der Waals surface area contributed by atoms with Gasteiger partial charge in [-0.2, -0.15) is 0 Å². The van der Waals surface area contributed by atoms with Gasteiger partial charge in [0, 0.05) is 46.1 Å². The maximum atomic E-state index is 13.4. The first kappa shape index (κ1) is 23.5. The molecule has 2 aliphatic heterocycles. The summed E-state index contributed by atoms with van der Waals surface area (Å²) in [6.07, 6.45) is 8.63. The first-order valence-corrected chi connectivity index (χ1v) is 12.7. The van der Waals surface area contributed by atoms with Crippen molar-refractivity contribution < 1.29 is 19.1 Å². The molecule has 4 aliphatic rings. The molecule has 0 spiro atoms. The van der Waals surface area contributed by atoms with Gasteiger partial charge in [-0.1, -0.05) is 0 Å². The fraction of sp³-hybridized carbons (Fsp3) is 0.880. The zero-order valence-corrected chi connectivity index (χ0v) is 20.3. The number of ether oxygens (including phenoxy) is 1.